The van der Waals surface area contributed by atoms with Crippen molar-refractivity contribution < 1.29 is 5.11 Å². The van der Waals surface area contributed by atoms with Gasteiger partial charge in [-0.3, -0.25) is 0 Å². The lowest BCUT2D eigenvalue weighted by Crippen LogP contribution is -1.87. The molecule has 0 saturated carbocycles. The van der Waals surface area contributed by atoms with Crippen LogP contribution < -0.4 is 0 Å². The van der Waals surface area contributed by atoms with E-state index in [4.69, 9.17) is 5.11 Å². The van der Waals surface area contributed by atoms with E-state index in [0.29, 0.717) is 0 Å². The van der Waals surface area contributed by atoms with Crippen LogP contribution in [0.2, 0.25) is 0 Å². The molecule has 0 spiro atoms. The maximum Gasteiger partial charge on any atom is 0.0457 e. The van der Waals surface area contributed by atoms with E-state index in [1.165, 1.54) is 16.5 Å². The standard InChI is InChI=1S/C12H14BrNO/c13-10-4-5-12-11(7-10)9(8-14-12)3-1-2-6-15/h4-5,7-8,14-15H,1-3,6H2. The number of unbranched alkanes of at least 4 members (excludes halogenated alkanes) is 1. The molecule has 1 heterocycles. The Hall–Kier alpha value is -0.800. The second-order valence-corrected chi connectivity index (χ2v) is 4.60. The Bertz CT molecular complexity index is 450. The fourth-order valence-electron chi connectivity index (χ4n) is 1.78. The Morgan fingerprint density at radius 2 is 2.13 bits per heavy atom. The SMILES string of the molecule is OCCCCc1c[nH]c2ccc(Br)cc12. The number of fused-ring (bicyclic) bond motifs is 1. The minimum atomic E-state index is 0.284. The third-order valence-electron chi connectivity index (χ3n) is 2.58. The van der Waals surface area contributed by atoms with Crippen molar-refractivity contribution in [3.63, 3.8) is 0 Å². The predicted molar refractivity (Wildman–Crippen MR) is 66.0 cm³/mol. The summed E-state index contributed by atoms with van der Waals surface area (Å²) in [6, 6.07) is 6.26. The van der Waals surface area contributed by atoms with Crippen LogP contribution in [0.5, 0.6) is 0 Å². The Morgan fingerprint density at radius 3 is 2.93 bits per heavy atom. The highest BCUT2D eigenvalue weighted by Crippen LogP contribution is 2.23. The Kier molecular flexibility index (Phi) is 3.44. The molecule has 0 fully saturated rings. The van der Waals surface area contributed by atoms with Gasteiger partial charge in [-0.05, 0) is 43.0 Å². The van der Waals surface area contributed by atoms with Crippen molar-refractivity contribution >= 4 is 26.8 Å². The molecule has 0 radical (unpaired) electrons. The Morgan fingerprint density at radius 1 is 1.27 bits per heavy atom. The van der Waals surface area contributed by atoms with Gasteiger partial charge in [0.1, 0.15) is 0 Å². The van der Waals surface area contributed by atoms with Gasteiger partial charge in [0, 0.05) is 28.2 Å². The van der Waals surface area contributed by atoms with Crippen LogP contribution in [-0.4, -0.2) is 16.7 Å². The van der Waals surface area contributed by atoms with E-state index in [0.717, 1.165) is 23.7 Å². The van der Waals surface area contributed by atoms with Crippen molar-refractivity contribution in [2.75, 3.05) is 6.61 Å². The van der Waals surface area contributed by atoms with Crippen molar-refractivity contribution in [2.45, 2.75) is 19.3 Å². The molecule has 1 aromatic heterocycles. The van der Waals surface area contributed by atoms with Crippen LogP contribution >= 0.6 is 15.9 Å². The van der Waals surface area contributed by atoms with Gasteiger partial charge in [-0.15, -0.1) is 0 Å². The molecular formula is C12H14BrNO. The molecule has 2 rings (SSSR count). The fourth-order valence-corrected chi connectivity index (χ4v) is 2.15. The number of benzene rings is 1. The minimum absolute atomic E-state index is 0.284. The van der Waals surface area contributed by atoms with Gasteiger partial charge in [0.2, 0.25) is 0 Å². The van der Waals surface area contributed by atoms with Crippen molar-refractivity contribution in [3.05, 3.63) is 34.4 Å². The summed E-state index contributed by atoms with van der Waals surface area (Å²) in [5.41, 5.74) is 2.51. The van der Waals surface area contributed by atoms with Crippen molar-refractivity contribution in [1.29, 1.82) is 0 Å². The monoisotopic (exact) mass is 267 g/mol. The van der Waals surface area contributed by atoms with Crippen LogP contribution in [-0.2, 0) is 6.42 Å². The number of rotatable bonds is 4. The number of aromatic nitrogens is 1. The molecule has 0 atom stereocenters. The van der Waals surface area contributed by atoms with Crippen LogP contribution in [0.25, 0.3) is 10.9 Å². The van der Waals surface area contributed by atoms with Crippen molar-refractivity contribution in [1.82, 2.24) is 4.98 Å². The topological polar surface area (TPSA) is 36.0 Å². The van der Waals surface area contributed by atoms with Crippen LogP contribution in [0.1, 0.15) is 18.4 Å². The molecule has 2 N–H and O–H groups in total. The van der Waals surface area contributed by atoms with Gasteiger partial charge in [-0.1, -0.05) is 15.9 Å². The van der Waals surface area contributed by atoms with E-state index in [2.05, 4.69) is 39.2 Å². The number of halogens is 1. The number of aliphatic hydroxyl groups is 1. The average molecular weight is 268 g/mol. The quantitative estimate of drug-likeness (QED) is 0.820. The maximum atomic E-state index is 8.74. The fraction of sp³-hybridized carbons (Fsp3) is 0.333. The summed E-state index contributed by atoms with van der Waals surface area (Å²) in [6.07, 6.45) is 5.00. The molecule has 0 amide bonds. The number of aromatic amines is 1. The highest BCUT2D eigenvalue weighted by molar-refractivity contribution is 9.10. The van der Waals surface area contributed by atoms with E-state index >= 15 is 0 Å². The molecule has 1 aromatic carbocycles. The van der Waals surface area contributed by atoms with Crippen LogP contribution in [0, 0.1) is 0 Å². The summed E-state index contributed by atoms with van der Waals surface area (Å²) in [5.74, 6) is 0. The molecule has 0 unspecified atom stereocenters. The maximum absolute atomic E-state index is 8.74. The third kappa shape index (κ3) is 2.41. The van der Waals surface area contributed by atoms with Gasteiger partial charge < -0.3 is 10.1 Å². The number of aliphatic hydroxyl groups excluding tert-OH is 1. The molecular weight excluding hydrogens is 254 g/mol. The summed E-state index contributed by atoms with van der Waals surface area (Å²) in [4.78, 5) is 3.26. The lowest BCUT2D eigenvalue weighted by Gasteiger charge is -1.98. The van der Waals surface area contributed by atoms with E-state index in [1.807, 2.05) is 6.07 Å². The first kappa shape index (κ1) is 10.7. The van der Waals surface area contributed by atoms with Crippen LogP contribution in [0.3, 0.4) is 0 Å². The highest BCUT2D eigenvalue weighted by atomic mass is 79.9. The number of hydrogen-bond donors (Lipinski definition) is 2. The van der Waals surface area contributed by atoms with Crippen molar-refractivity contribution in [3.8, 4) is 0 Å². The average Bonchev–Trinajstić information content (AvgIpc) is 2.62. The van der Waals surface area contributed by atoms with Gasteiger partial charge in [-0.25, -0.2) is 0 Å². The Labute approximate surface area is 97.4 Å². The summed E-state index contributed by atoms with van der Waals surface area (Å²) in [6.45, 7) is 0.284. The lowest BCUT2D eigenvalue weighted by atomic mass is 10.1. The second kappa shape index (κ2) is 4.81. The summed E-state index contributed by atoms with van der Waals surface area (Å²) >= 11 is 3.48. The molecule has 0 saturated heterocycles. The van der Waals surface area contributed by atoms with Gasteiger partial charge >= 0.3 is 0 Å². The van der Waals surface area contributed by atoms with E-state index in [-0.39, 0.29) is 6.61 Å². The summed E-state index contributed by atoms with van der Waals surface area (Å²) in [7, 11) is 0. The third-order valence-corrected chi connectivity index (χ3v) is 3.08. The first-order valence-corrected chi connectivity index (χ1v) is 5.97. The summed E-state index contributed by atoms with van der Waals surface area (Å²) in [5, 5.41) is 10.0. The Balaban J connectivity index is 2.23. The molecule has 0 aliphatic rings. The van der Waals surface area contributed by atoms with E-state index in [9.17, 15) is 0 Å². The van der Waals surface area contributed by atoms with Crippen LogP contribution in [0.15, 0.2) is 28.9 Å². The van der Waals surface area contributed by atoms with E-state index < -0.39 is 0 Å². The predicted octanol–water partition coefficient (Wildman–Crippen LogP) is 3.25. The minimum Gasteiger partial charge on any atom is -0.396 e. The molecule has 2 aromatic rings. The first-order chi connectivity index (χ1) is 7.31. The summed E-state index contributed by atoms with van der Waals surface area (Å²) < 4.78 is 1.11. The van der Waals surface area contributed by atoms with Gasteiger partial charge in [0.15, 0.2) is 0 Å². The number of nitrogens with one attached hydrogen (secondary N) is 1. The highest BCUT2D eigenvalue weighted by Gasteiger charge is 2.03. The molecule has 0 bridgehead atoms. The van der Waals surface area contributed by atoms with Gasteiger partial charge in [0.25, 0.3) is 0 Å². The lowest BCUT2D eigenvalue weighted by molar-refractivity contribution is 0.284. The number of hydrogen-bond acceptors (Lipinski definition) is 1. The molecule has 2 nitrogen and oxygen atoms in total. The number of aryl methyl sites for hydroxylation is 1. The van der Waals surface area contributed by atoms with Crippen molar-refractivity contribution in [2.24, 2.45) is 0 Å². The molecule has 80 valence electrons. The molecule has 0 aliphatic heterocycles. The largest absolute Gasteiger partial charge is 0.396 e. The number of H-pyrrole nitrogens is 1. The zero-order valence-electron chi connectivity index (χ0n) is 8.46. The second-order valence-electron chi connectivity index (χ2n) is 3.68. The first-order valence-electron chi connectivity index (χ1n) is 5.17. The smallest absolute Gasteiger partial charge is 0.0457 e. The van der Waals surface area contributed by atoms with Gasteiger partial charge in [0.05, 0.1) is 0 Å². The van der Waals surface area contributed by atoms with E-state index in [1.54, 1.807) is 0 Å². The zero-order valence-corrected chi connectivity index (χ0v) is 10.0. The van der Waals surface area contributed by atoms with Gasteiger partial charge in [-0.2, -0.15) is 0 Å². The van der Waals surface area contributed by atoms with Crippen LogP contribution in [0.4, 0.5) is 0 Å². The molecule has 3 heteroatoms. The molecule has 15 heavy (non-hydrogen) atoms. The molecule has 0 aliphatic carbocycles. The zero-order chi connectivity index (χ0) is 10.7. The normalized spacial score (nSPS) is 11.1.